The zero-order valence-electron chi connectivity index (χ0n) is 19.9. The Kier molecular flexibility index (Phi) is 6.07. The summed E-state index contributed by atoms with van der Waals surface area (Å²) < 4.78 is 37.8. The van der Waals surface area contributed by atoms with Crippen LogP contribution in [0.15, 0.2) is 90.2 Å². The Balaban J connectivity index is 1.33. The van der Waals surface area contributed by atoms with Gasteiger partial charge in [0.05, 0.1) is 34.2 Å². The number of rotatable bonds is 2. The molecule has 2 aliphatic rings. The summed E-state index contributed by atoms with van der Waals surface area (Å²) in [4.78, 5) is 4.69. The number of hydrogen-bond acceptors (Lipinski definition) is 7. The van der Waals surface area contributed by atoms with Crippen molar-refractivity contribution in [1.29, 1.82) is 0 Å². The minimum atomic E-state index is -3.67. The summed E-state index contributed by atoms with van der Waals surface area (Å²) in [5.74, 6) is 1.11. The minimum Gasteiger partial charge on any atom is -0.492 e. The van der Waals surface area contributed by atoms with Gasteiger partial charge in [-0.05, 0) is 55.0 Å². The van der Waals surface area contributed by atoms with E-state index in [0.29, 0.717) is 31.2 Å². The van der Waals surface area contributed by atoms with Crippen molar-refractivity contribution < 1.29 is 13.2 Å². The van der Waals surface area contributed by atoms with Crippen molar-refractivity contribution in [3.05, 3.63) is 85.3 Å². The molecule has 2 aromatic carbocycles. The molecule has 2 aliphatic heterocycles. The smallest absolute Gasteiger partial charge is 0.245 e. The van der Waals surface area contributed by atoms with Gasteiger partial charge in [0.1, 0.15) is 12.4 Å². The van der Waals surface area contributed by atoms with E-state index in [9.17, 15) is 8.42 Å². The third-order valence-corrected chi connectivity index (χ3v) is 8.14. The highest BCUT2D eigenvalue weighted by molar-refractivity contribution is 7.89. The lowest BCUT2D eigenvalue weighted by Gasteiger charge is -2.22. The maximum atomic E-state index is 13.4. The van der Waals surface area contributed by atoms with E-state index in [-0.39, 0.29) is 18.0 Å². The number of hydrogen-bond donors (Lipinski definition) is 1. The quantitative estimate of drug-likeness (QED) is 0.381. The van der Waals surface area contributed by atoms with Gasteiger partial charge in [-0.25, -0.2) is 17.9 Å². The standard InChI is InChI=1S/C26H25N7O3S/c34-37(35,24-5-2-1-3-6-24)32-14-4-13-31-19-21(17-28-31)29-26-27-18-22-9-12-25(33(22)30-26)20-7-10-23(11-8-20)36-16-15-32/h1-3,5-12,17-19H,4,13-16H2,(H,29,30). The average Bonchev–Trinajstić information content (AvgIpc) is 3.55. The zero-order chi connectivity index (χ0) is 25.2. The Bertz CT molecular complexity index is 1630. The van der Waals surface area contributed by atoms with E-state index in [1.54, 1.807) is 47.4 Å². The van der Waals surface area contributed by atoms with Crippen LogP contribution in [0.3, 0.4) is 0 Å². The Labute approximate surface area is 214 Å². The predicted octanol–water partition coefficient (Wildman–Crippen LogP) is 3.81. The molecule has 37 heavy (non-hydrogen) atoms. The molecule has 0 fully saturated rings. The van der Waals surface area contributed by atoms with Gasteiger partial charge in [-0.3, -0.25) is 4.68 Å². The van der Waals surface area contributed by atoms with Gasteiger partial charge in [-0.1, -0.05) is 18.2 Å². The topological polar surface area (TPSA) is 107 Å². The lowest BCUT2D eigenvalue weighted by atomic mass is 10.1. The fourth-order valence-electron chi connectivity index (χ4n) is 4.35. The Morgan fingerprint density at radius 1 is 0.892 bits per heavy atom. The molecule has 1 N–H and O–H groups in total. The summed E-state index contributed by atoms with van der Waals surface area (Å²) in [5, 5.41) is 12.3. The van der Waals surface area contributed by atoms with Crippen LogP contribution in [0.25, 0.3) is 16.8 Å². The van der Waals surface area contributed by atoms with E-state index in [1.165, 1.54) is 4.31 Å². The summed E-state index contributed by atoms with van der Waals surface area (Å²) in [5.41, 5.74) is 3.51. The maximum Gasteiger partial charge on any atom is 0.245 e. The van der Waals surface area contributed by atoms with Gasteiger partial charge < -0.3 is 10.1 Å². The molecule has 0 radical (unpaired) electrons. The van der Waals surface area contributed by atoms with Crippen molar-refractivity contribution in [2.75, 3.05) is 25.0 Å². The summed E-state index contributed by atoms with van der Waals surface area (Å²) in [6, 6.07) is 20.1. The molecule has 0 unspecified atom stereocenters. The molecule has 188 valence electrons. The van der Waals surface area contributed by atoms with Crippen molar-refractivity contribution >= 4 is 27.2 Å². The maximum absolute atomic E-state index is 13.4. The number of benzene rings is 2. The van der Waals surface area contributed by atoms with Crippen molar-refractivity contribution in [3.8, 4) is 17.0 Å². The third kappa shape index (κ3) is 4.78. The van der Waals surface area contributed by atoms with E-state index >= 15 is 0 Å². The van der Waals surface area contributed by atoms with Gasteiger partial charge in [0, 0.05) is 31.4 Å². The van der Waals surface area contributed by atoms with Gasteiger partial charge >= 0.3 is 0 Å². The minimum absolute atomic E-state index is 0.228. The van der Waals surface area contributed by atoms with E-state index in [2.05, 4.69) is 20.5 Å². The van der Waals surface area contributed by atoms with Crippen LogP contribution >= 0.6 is 0 Å². The molecule has 10 nitrogen and oxygen atoms in total. The molecule has 0 aliphatic carbocycles. The molecule has 0 spiro atoms. The summed E-state index contributed by atoms with van der Waals surface area (Å²) in [6.07, 6.45) is 5.91. The van der Waals surface area contributed by atoms with Gasteiger partial charge in [0.15, 0.2) is 0 Å². The molecule has 0 saturated carbocycles. The predicted molar refractivity (Wildman–Crippen MR) is 139 cm³/mol. The Morgan fingerprint density at radius 2 is 1.73 bits per heavy atom. The van der Waals surface area contributed by atoms with Crippen molar-refractivity contribution in [3.63, 3.8) is 0 Å². The molecule has 5 aromatic rings. The SMILES string of the molecule is O=S(=O)(c1ccccc1)N1CCCn2cc(cn2)Nc2ncc3ccc(n3n2)-c2ccc(cc2)OCC1. The number of aromatic nitrogens is 5. The Morgan fingerprint density at radius 3 is 2.57 bits per heavy atom. The first kappa shape index (κ1) is 23.2. The van der Waals surface area contributed by atoms with Gasteiger partial charge in [-0.2, -0.15) is 9.40 Å². The second kappa shape index (κ2) is 9.68. The molecule has 0 atom stereocenters. The van der Waals surface area contributed by atoms with Crippen molar-refractivity contribution in [1.82, 2.24) is 28.7 Å². The largest absolute Gasteiger partial charge is 0.492 e. The van der Waals surface area contributed by atoms with E-state index < -0.39 is 10.0 Å². The fraction of sp³-hybridized carbons (Fsp3) is 0.192. The first-order valence-electron chi connectivity index (χ1n) is 12.0. The highest BCUT2D eigenvalue weighted by Gasteiger charge is 2.24. The third-order valence-electron chi connectivity index (χ3n) is 6.22. The number of nitrogens with one attached hydrogen (secondary N) is 1. The van der Waals surface area contributed by atoms with E-state index in [4.69, 9.17) is 4.74 Å². The zero-order valence-corrected chi connectivity index (χ0v) is 20.8. The monoisotopic (exact) mass is 515 g/mol. The average molecular weight is 516 g/mol. The summed E-state index contributed by atoms with van der Waals surface area (Å²) in [6.45, 7) is 1.33. The van der Waals surface area contributed by atoms with Crippen molar-refractivity contribution in [2.24, 2.45) is 0 Å². The number of nitrogens with zero attached hydrogens (tertiary/aromatic N) is 6. The second-order valence-corrected chi connectivity index (χ2v) is 10.6. The number of fused-ring (bicyclic) bond motifs is 8. The van der Waals surface area contributed by atoms with E-state index in [1.807, 2.05) is 47.1 Å². The van der Waals surface area contributed by atoms with Gasteiger partial charge in [0.2, 0.25) is 16.0 Å². The number of anilines is 2. The van der Waals surface area contributed by atoms with Crippen LogP contribution in [-0.4, -0.2) is 56.8 Å². The first-order chi connectivity index (χ1) is 18.1. The van der Waals surface area contributed by atoms with Crippen LogP contribution < -0.4 is 10.1 Å². The first-order valence-corrected chi connectivity index (χ1v) is 13.4. The molecular formula is C26H25N7O3S. The molecular weight excluding hydrogens is 490 g/mol. The highest BCUT2D eigenvalue weighted by Crippen LogP contribution is 2.25. The summed E-state index contributed by atoms with van der Waals surface area (Å²) >= 11 is 0. The van der Waals surface area contributed by atoms with Crippen LogP contribution in [0.4, 0.5) is 11.6 Å². The van der Waals surface area contributed by atoms with Crippen molar-refractivity contribution in [2.45, 2.75) is 17.9 Å². The molecule has 11 heteroatoms. The van der Waals surface area contributed by atoms with Gasteiger partial charge in [0.25, 0.3) is 0 Å². The van der Waals surface area contributed by atoms with Crippen LogP contribution in [-0.2, 0) is 16.6 Å². The number of ether oxygens (including phenoxy) is 1. The molecule has 6 bridgehead atoms. The number of aryl methyl sites for hydroxylation is 1. The molecule has 0 saturated heterocycles. The summed E-state index contributed by atoms with van der Waals surface area (Å²) in [7, 11) is -3.67. The normalized spacial score (nSPS) is 15.0. The lowest BCUT2D eigenvalue weighted by Crippen LogP contribution is -2.36. The highest BCUT2D eigenvalue weighted by atomic mass is 32.2. The van der Waals surface area contributed by atoms with E-state index in [0.717, 1.165) is 22.5 Å². The lowest BCUT2D eigenvalue weighted by molar-refractivity contribution is 0.269. The molecule has 3 aromatic heterocycles. The van der Waals surface area contributed by atoms with Gasteiger partial charge in [-0.15, -0.1) is 5.10 Å². The fourth-order valence-corrected chi connectivity index (χ4v) is 5.83. The van der Waals surface area contributed by atoms with Crippen LogP contribution in [0, 0.1) is 0 Å². The molecule has 0 amide bonds. The number of sulfonamides is 1. The van der Waals surface area contributed by atoms with Crippen LogP contribution in [0.1, 0.15) is 6.42 Å². The Hall–Kier alpha value is -4.22. The molecule has 7 rings (SSSR count). The van der Waals surface area contributed by atoms with Crippen LogP contribution in [0.5, 0.6) is 5.75 Å². The van der Waals surface area contributed by atoms with Crippen LogP contribution in [0.2, 0.25) is 0 Å². The second-order valence-electron chi connectivity index (χ2n) is 8.70. The molecule has 5 heterocycles.